The Morgan fingerprint density at radius 1 is 1.45 bits per heavy atom. The smallest absolute Gasteiger partial charge is 0.368 e. The third-order valence-electron chi connectivity index (χ3n) is 3.17. The van der Waals surface area contributed by atoms with Crippen LogP contribution in [0.2, 0.25) is 5.02 Å². The number of benzene rings is 1. The number of likely N-dealkylation sites (N-methyl/N-ethyl adjacent to an activating group) is 1. The molecule has 0 radical (unpaired) electrons. The van der Waals surface area contributed by atoms with Crippen molar-refractivity contribution in [2.75, 3.05) is 18.6 Å². The lowest BCUT2D eigenvalue weighted by molar-refractivity contribution is -0.137. The quantitative estimate of drug-likeness (QED) is 0.837. The van der Waals surface area contributed by atoms with Crippen molar-refractivity contribution in [2.45, 2.75) is 25.1 Å². The molecular formula is C13H13ClF3NO2. The Balaban J connectivity index is 2.28. The van der Waals surface area contributed by atoms with Gasteiger partial charge in [0.15, 0.2) is 0 Å². The summed E-state index contributed by atoms with van der Waals surface area (Å²) in [4.78, 5) is 13.2. The second-order valence-electron chi connectivity index (χ2n) is 4.56. The molecule has 7 heteroatoms. The first-order valence-corrected chi connectivity index (χ1v) is 6.44. The van der Waals surface area contributed by atoms with E-state index in [0.717, 1.165) is 29.5 Å². The van der Waals surface area contributed by atoms with E-state index in [1.807, 2.05) is 0 Å². The summed E-state index contributed by atoms with van der Waals surface area (Å²) in [6.07, 6.45) is -3.75. The number of ether oxygens (including phenoxy) is 1. The van der Waals surface area contributed by atoms with E-state index < -0.39 is 17.8 Å². The van der Waals surface area contributed by atoms with E-state index in [-0.39, 0.29) is 16.6 Å². The Hall–Kier alpha value is -1.27. The number of alkyl halides is 3. The summed E-state index contributed by atoms with van der Waals surface area (Å²) >= 11 is 5.89. The molecule has 1 heterocycles. The molecule has 1 atom stereocenters. The van der Waals surface area contributed by atoms with E-state index >= 15 is 0 Å². The minimum absolute atomic E-state index is 0.0296. The fourth-order valence-corrected chi connectivity index (χ4v) is 2.30. The molecule has 0 saturated carbocycles. The molecule has 1 aromatic rings. The maximum atomic E-state index is 12.7. The van der Waals surface area contributed by atoms with E-state index in [9.17, 15) is 18.0 Å². The van der Waals surface area contributed by atoms with Gasteiger partial charge in [0.05, 0.1) is 16.3 Å². The standard InChI is InChI=1S/C13H13ClF3NO2/c1-18(12(19)11-3-2-6-20-11)10-7-8(13(15,16)17)4-5-9(10)14/h4-5,7,11H,2-3,6H2,1H3. The van der Waals surface area contributed by atoms with Crippen LogP contribution in [-0.4, -0.2) is 25.7 Å². The number of halogens is 4. The molecule has 0 N–H and O–H groups in total. The first-order valence-electron chi connectivity index (χ1n) is 6.06. The number of carbonyl (C=O) groups is 1. The molecular weight excluding hydrogens is 295 g/mol. The molecule has 20 heavy (non-hydrogen) atoms. The SMILES string of the molecule is CN(C(=O)C1CCCO1)c1cc(C(F)(F)F)ccc1Cl. The van der Waals surface area contributed by atoms with Gasteiger partial charge in [0.25, 0.3) is 5.91 Å². The fourth-order valence-electron chi connectivity index (χ4n) is 2.05. The molecule has 1 amide bonds. The van der Waals surface area contributed by atoms with Crippen LogP contribution in [0, 0.1) is 0 Å². The van der Waals surface area contributed by atoms with E-state index in [1.165, 1.54) is 7.05 Å². The van der Waals surface area contributed by atoms with Crippen molar-refractivity contribution in [1.29, 1.82) is 0 Å². The maximum Gasteiger partial charge on any atom is 0.416 e. The zero-order valence-electron chi connectivity index (χ0n) is 10.7. The van der Waals surface area contributed by atoms with Gasteiger partial charge >= 0.3 is 6.18 Å². The second-order valence-corrected chi connectivity index (χ2v) is 4.97. The number of carbonyl (C=O) groups excluding carboxylic acids is 1. The maximum absolute atomic E-state index is 12.7. The van der Waals surface area contributed by atoms with Crippen LogP contribution in [0.25, 0.3) is 0 Å². The molecule has 0 aromatic heterocycles. The minimum Gasteiger partial charge on any atom is -0.368 e. The van der Waals surface area contributed by atoms with Crippen LogP contribution in [0.15, 0.2) is 18.2 Å². The predicted molar refractivity (Wildman–Crippen MR) is 68.8 cm³/mol. The van der Waals surface area contributed by atoms with Gasteiger partial charge in [-0.05, 0) is 31.0 Å². The fraction of sp³-hybridized carbons (Fsp3) is 0.462. The van der Waals surface area contributed by atoms with Crippen LogP contribution >= 0.6 is 11.6 Å². The van der Waals surface area contributed by atoms with Gasteiger partial charge in [-0.25, -0.2) is 0 Å². The molecule has 110 valence electrons. The van der Waals surface area contributed by atoms with Gasteiger partial charge in [0.2, 0.25) is 0 Å². The number of amides is 1. The van der Waals surface area contributed by atoms with Crippen LogP contribution in [-0.2, 0) is 15.7 Å². The third-order valence-corrected chi connectivity index (χ3v) is 3.49. The van der Waals surface area contributed by atoms with Crippen molar-refractivity contribution in [3.8, 4) is 0 Å². The summed E-state index contributed by atoms with van der Waals surface area (Å²) in [5.41, 5.74) is -0.814. The molecule has 1 fully saturated rings. The predicted octanol–water partition coefficient (Wildman–Crippen LogP) is 3.50. The monoisotopic (exact) mass is 307 g/mol. The highest BCUT2D eigenvalue weighted by atomic mass is 35.5. The van der Waals surface area contributed by atoms with Crippen LogP contribution in [0.3, 0.4) is 0 Å². The zero-order chi connectivity index (χ0) is 14.9. The van der Waals surface area contributed by atoms with Crippen molar-refractivity contribution in [2.24, 2.45) is 0 Å². The second kappa shape index (κ2) is 5.61. The average Bonchev–Trinajstić information content (AvgIpc) is 2.90. The summed E-state index contributed by atoms with van der Waals surface area (Å²) in [6, 6.07) is 2.89. The van der Waals surface area contributed by atoms with Gasteiger partial charge in [-0.3, -0.25) is 4.79 Å². The zero-order valence-corrected chi connectivity index (χ0v) is 11.5. The molecule has 1 aliphatic heterocycles. The van der Waals surface area contributed by atoms with E-state index in [0.29, 0.717) is 13.0 Å². The van der Waals surface area contributed by atoms with Gasteiger partial charge in [-0.15, -0.1) is 0 Å². The highest BCUT2D eigenvalue weighted by Crippen LogP contribution is 2.35. The van der Waals surface area contributed by atoms with Gasteiger partial charge in [0.1, 0.15) is 6.10 Å². The van der Waals surface area contributed by atoms with Crippen LogP contribution in [0.1, 0.15) is 18.4 Å². The van der Waals surface area contributed by atoms with Crippen molar-refractivity contribution in [3.63, 3.8) is 0 Å². The molecule has 0 aliphatic carbocycles. The lowest BCUT2D eigenvalue weighted by Crippen LogP contribution is -2.36. The molecule has 0 spiro atoms. The molecule has 1 saturated heterocycles. The molecule has 2 rings (SSSR count). The van der Waals surface area contributed by atoms with E-state index in [4.69, 9.17) is 16.3 Å². The van der Waals surface area contributed by atoms with Gasteiger partial charge in [-0.1, -0.05) is 11.6 Å². The summed E-state index contributed by atoms with van der Waals surface area (Å²) < 4.78 is 43.3. The highest BCUT2D eigenvalue weighted by molar-refractivity contribution is 6.33. The van der Waals surface area contributed by atoms with Gasteiger partial charge in [-0.2, -0.15) is 13.2 Å². The van der Waals surface area contributed by atoms with E-state index in [1.54, 1.807) is 0 Å². The number of hydrogen-bond acceptors (Lipinski definition) is 2. The topological polar surface area (TPSA) is 29.5 Å². The Morgan fingerprint density at radius 3 is 2.70 bits per heavy atom. The Bertz CT molecular complexity index is 513. The first kappa shape index (κ1) is 15.1. The van der Waals surface area contributed by atoms with Gasteiger partial charge in [0, 0.05) is 13.7 Å². The molecule has 1 aliphatic rings. The number of nitrogens with zero attached hydrogens (tertiary/aromatic N) is 1. The van der Waals surface area contributed by atoms with Crippen molar-refractivity contribution < 1.29 is 22.7 Å². The van der Waals surface area contributed by atoms with Crippen molar-refractivity contribution in [1.82, 2.24) is 0 Å². The normalized spacial score (nSPS) is 19.1. The van der Waals surface area contributed by atoms with Crippen molar-refractivity contribution >= 4 is 23.2 Å². The highest BCUT2D eigenvalue weighted by Gasteiger charge is 2.33. The molecule has 3 nitrogen and oxygen atoms in total. The Morgan fingerprint density at radius 2 is 2.15 bits per heavy atom. The van der Waals surface area contributed by atoms with E-state index in [2.05, 4.69) is 0 Å². The lowest BCUT2D eigenvalue weighted by Gasteiger charge is -2.22. The molecule has 1 aromatic carbocycles. The van der Waals surface area contributed by atoms with Gasteiger partial charge < -0.3 is 9.64 Å². The third kappa shape index (κ3) is 3.07. The van der Waals surface area contributed by atoms with Crippen LogP contribution in [0.5, 0.6) is 0 Å². The Kier molecular flexibility index (Phi) is 4.25. The number of hydrogen-bond donors (Lipinski definition) is 0. The lowest BCUT2D eigenvalue weighted by atomic mass is 10.1. The first-order chi connectivity index (χ1) is 9.30. The summed E-state index contributed by atoms with van der Waals surface area (Å²) in [7, 11) is 1.39. The van der Waals surface area contributed by atoms with Crippen LogP contribution < -0.4 is 4.90 Å². The summed E-state index contributed by atoms with van der Waals surface area (Å²) in [6.45, 7) is 0.487. The molecule has 1 unspecified atom stereocenters. The van der Waals surface area contributed by atoms with Crippen LogP contribution in [0.4, 0.5) is 18.9 Å². The summed E-state index contributed by atoms with van der Waals surface area (Å²) in [5.74, 6) is -0.385. The minimum atomic E-state index is -4.48. The van der Waals surface area contributed by atoms with Crippen molar-refractivity contribution in [3.05, 3.63) is 28.8 Å². The number of rotatable bonds is 2. The number of anilines is 1. The largest absolute Gasteiger partial charge is 0.416 e. The summed E-state index contributed by atoms with van der Waals surface area (Å²) in [5, 5.41) is 0.0897. The average molecular weight is 308 g/mol. The Labute approximate surface area is 119 Å². The molecule has 0 bridgehead atoms.